The lowest BCUT2D eigenvalue weighted by molar-refractivity contribution is 0.0971. The quantitative estimate of drug-likeness (QED) is 0.669. The third kappa shape index (κ3) is 3.30. The molecule has 4 nitrogen and oxygen atoms in total. The van der Waals surface area contributed by atoms with Crippen LogP contribution in [0.4, 0.5) is 10.2 Å². The number of anilines is 1. The van der Waals surface area contributed by atoms with E-state index in [1.165, 1.54) is 6.07 Å². The van der Waals surface area contributed by atoms with E-state index in [0.29, 0.717) is 23.5 Å². The number of ketones is 1. The number of carbonyl (C=O) groups is 1. The number of aryl methyl sites for hydroxylation is 1. The van der Waals surface area contributed by atoms with Gasteiger partial charge in [0.1, 0.15) is 11.6 Å². The molecule has 1 aliphatic heterocycles. The summed E-state index contributed by atoms with van der Waals surface area (Å²) >= 11 is 0. The molecule has 1 saturated heterocycles. The molecule has 2 aromatic carbocycles. The van der Waals surface area contributed by atoms with Crippen molar-refractivity contribution in [2.45, 2.75) is 19.8 Å². The summed E-state index contributed by atoms with van der Waals surface area (Å²) in [5.41, 5.74) is 8.72. The molecular formula is C22H22FN3O. The molecule has 5 heteroatoms. The van der Waals surface area contributed by atoms with Gasteiger partial charge in [-0.3, -0.25) is 4.79 Å². The van der Waals surface area contributed by atoms with Gasteiger partial charge in [0.05, 0.1) is 5.56 Å². The van der Waals surface area contributed by atoms with E-state index in [0.717, 1.165) is 41.4 Å². The van der Waals surface area contributed by atoms with Crippen LogP contribution in [-0.2, 0) is 0 Å². The standard InChI is InChI=1S/C22H22FN3O/c1-13-3-2-4-18(23)20(13)15-6-7-17-16(9-15)12-26-22(24)21(17)19(27)8-5-14-10-25-11-14/h2-4,6-7,9,12,14,25H,5,8,10-11H2,1H3,(H2,24,26). The first-order valence-corrected chi connectivity index (χ1v) is 9.22. The van der Waals surface area contributed by atoms with E-state index in [1.807, 2.05) is 31.2 Å². The molecule has 138 valence electrons. The number of halogens is 1. The van der Waals surface area contributed by atoms with Crippen molar-refractivity contribution in [3.8, 4) is 11.1 Å². The molecule has 2 heterocycles. The van der Waals surface area contributed by atoms with Crippen LogP contribution in [0.25, 0.3) is 21.9 Å². The lowest BCUT2D eigenvalue weighted by Gasteiger charge is -2.26. The van der Waals surface area contributed by atoms with Crippen molar-refractivity contribution in [2.24, 2.45) is 5.92 Å². The van der Waals surface area contributed by atoms with Crippen molar-refractivity contribution in [3.63, 3.8) is 0 Å². The molecule has 0 bridgehead atoms. The lowest BCUT2D eigenvalue weighted by atomic mass is 9.92. The summed E-state index contributed by atoms with van der Waals surface area (Å²) in [6, 6.07) is 10.6. The smallest absolute Gasteiger partial charge is 0.167 e. The molecule has 0 aliphatic carbocycles. The fourth-order valence-electron chi connectivity index (χ4n) is 3.70. The average Bonchev–Trinajstić information content (AvgIpc) is 2.60. The monoisotopic (exact) mass is 363 g/mol. The summed E-state index contributed by atoms with van der Waals surface area (Å²) in [7, 11) is 0. The highest BCUT2D eigenvalue weighted by molar-refractivity contribution is 6.11. The van der Waals surface area contributed by atoms with Crippen LogP contribution in [0.2, 0.25) is 0 Å². The number of pyridine rings is 1. The maximum absolute atomic E-state index is 14.3. The Hall–Kier alpha value is -2.79. The molecule has 27 heavy (non-hydrogen) atoms. The number of benzene rings is 2. The number of nitrogens with two attached hydrogens (primary N) is 1. The van der Waals surface area contributed by atoms with E-state index in [1.54, 1.807) is 12.3 Å². The van der Waals surface area contributed by atoms with Crippen LogP contribution in [0, 0.1) is 18.7 Å². The van der Waals surface area contributed by atoms with Crippen LogP contribution in [0.1, 0.15) is 28.8 Å². The van der Waals surface area contributed by atoms with Gasteiger partial charge in [0.2, 0.25) is 0 Å². The fourth-order valence-corrected chi connectivity index (χ4v) is 3.70. The summed E-state index contributed by atoms with van der Waals surface area (Å²) < 4.78 is 14.3. The highest BCUT2D eigenvalue weighted by atomic mass is 19.1. The van der Waals surface area contributed by atoms with Gasteiger partial charge >= 0.3 is 0 Å². The van der Waals surface area contributed by atoms with Gasteiger partial charge in [-0.05, 0) is 61.0 Å². The zero-order valence-corrected chi connectivity index (χ0v) is 15.3. The number of nitrogens with zero attached hydrogens (tertiary/aromatic N) is 1. The number of nitrogen functional groups attached to an aromatic ring is 1. The lowest BCUT2D eigenvalue weighted by Crippen LogP contribution is -2.42. The minimum Gasteiger partial charge on any atom is -0.383 e. The van der Waals surface area contributed by atoms with E-state index in [2.05, 4.69) is 10.3 Å². The van der Waals surface area contributed by atoms with Crippen LogP contribution < -0.4 is 11.1 Å². The molecule has 4 rings (SSSR count). The first kappa shape index (κ1) is 17.6. The van der Waals surface area contributed by atoms with Gasteiger partial charge in [0.25, 0.3) is 0 Å². The normalized spacial score (nSPS) is 14.3. The van der Waals surface area contributed by atoms with Gasteiger partial charge in [-0.25, -0.2) is 9.37 Å². The zero-order valence-electron chi connectivity index (χ0n) is 15.3. The first-order valence-electron chi connectivity index (χ1n) is 9.22. The minimum atomic E-state index is -0.261. The zero-order chi connectivity index (χ0) is 19.0. The Kier molecular flexibility index (Phi) is 4.62. The molecule has 0 unspecified atom stereocenters. The molecule has 0 radical (unpaired) electrons. The summed E-state index contributed by atoms with van der Waals surface area (Å²) in [6.07, 6.45) is 2.97. The SMILES string of the molecule is Cc1cccc(F)c1-c1ccc2c(C(=O)CCC3CNC3)c(N)ncc2c1. The Morgan fingerprint density at radius 3 is 2.81 bits per heavy atom. The molecule has 0 atom stereocenters. The molecule has 0 saturated carbocycles. The predicted molar refractivity (Wildman–Crippen MR) is 106 cm³/mol. The van der Waals surface area contributed by atoms with Gasteiger partial charge < -0.3 is 11.1 Å². The van der Waals surface area contributed by atoms with E-state index in [-0.39, 0.29) is 17.4 Å². The number of rotatable bonds is 5. The van der Waals surface area contributed by atoms with Gasteiger partial charge in [0.15, 0.2) is 5.78 Å². The maximum atomic E-state index is 14.3. The van der Waals surface area contributed by atoms with Crippen LogP contribution >= 0.6 is 0 Å². The van der Waals surface area contributed by atoms with Crippen molar-refractivity contribution >= 4 is 22.4 Å². The number of hydrogen-bond donors (Lipinski definition) is 2. The number of fused-ring (bicyclic) bond motifs is 1. The third-order valence-electron chi connectivity index (χ3n) is 5.35. The molecular weight excluding hydrogens is 341 g/mol. The highest BCUT2D eigenvalue weighted by Crippen LogP contribution is 2.32. The van der Waals surface area contributed by atoms with E-state index < -0.39 is 0 Å². The molecule has 1 aliphatic rings. The molecule has 1 aromatic heterocycles. The van der Waals surface area contributed by atoms with Gasteiger partial charge in [-0.2, -0.15) is 0 Å². The van der Waals surface area contributed by atoms with E-state index in [4.69, 9.17) is 5.73 Å². The molecule has 0 amide bonds. The number of carbonyl (C=O) groups excluding carboxylic acids is 1. The third-order valence-corrected chi connectivity index (χ3v) is 5.35. The Morgan fingerprint density at radius 2 is 2.11 bits per heavy atom. The van der Waals surface area contributed by atoms with E-state index in [9.17, 15) is 9.18 Å². The summed E-state index contributed by atoms with van der Waals surface area (Å²) in [5, 5.41) is 4.78. The minimum absolute atomic E-state index is 0.0207. The number of aromatic nitrogens is 1. The van der Waals surface area contributed by atoms with Gasteiger partial charge in [-0.1, -0.05) is 24.3 Å². The van der Waals surface area contributed by atoms with Gasteiger partial charge in [-0.15, -0.1) is 0 Å². The summed E-state index contributed by atoms with van der Waals surface area (Å²) in [4.78, 5) is 17.0. The van der Waals surface area contributed by atoms with Crippen molar-refractivity contribution in [2.75, 3.05) is 18.8 Å². The second kappa shape index (κ2) is 7.08. The van der Waals surface area contributed by atoms with Crippen LogP contribution in [0.5, 0.6) is 0 Å². The summed E-state index contributed by atoms with van der Waals surface area (Å²) in [5.74, 6) is 0.582. The van der Waals surface area contributed by atoms with Crippen LogP contribution in [0.15, 0.2) is 42.6 Å². The number of Topliss-reactive ketones (excluding diaryl/α,β-unsaturated/α-hetero) is 1. The Bertz CT molecular complexity index is 1010. The Morgan fingerprint density at radius 1 is 1.30 bits per heavy atom. The predicted octanol–water partition coefficient (Wildman–Crippen LogP) is 4.11. The average molecular weight is 363 g/mol. The molecule has 1 fully saturated rings. The van der Waals surface area contributed by atoms with Crippen LogP contribution in [-0.4, -0.2) is 23.9 Å². The first-order chi connectivity index (χ1) is 13.0. The van der Waals surface area contributed by atoms with Gasteiger partial charge in [0, 0.05) is 23.6 Å². The second-order valence-electron chi connectivity index (χ2n) is 7.24. The fraction of sp³-hybridized carbons (Fsp3) is 0.273. The van der Waals surface area contributed by atoms with Crippen molar-refractivity contribution in [1.82, 2.24) is 10.3 Å². The Balaban J connectivity index is 1.73. The second-order valence-corrected chi connectivity index (χ2v) is 7.24. The van der Waals surface area contributed by atoms with Crippen molar-refractivity contribution in [1.29, 1.82) is 0 Å². The molecule has 0 spiro atoms. The molecule has 3 N–H and O–H groups in total. The number of hydrogen-bond acceptors (Lipinski definition) is 4. The van der Waals surface area contributed by atoms with E-state index >= 15 is 0 Å². The largest absolute Gasteiger partial charge is 0.383 e. The summed E-state index contributed by atoms with van der Waals surface area (Å²) in [6.45, 7) is 3.83. The topological polar surface area (TPSA) is 68.0 Å². The van der Waals surface area contributed by atoms with Crippen molar-refractivity contribution < 1.29 is 9.18 Å². The van der Waals surface area contributed by atoms with Crippen molar-refractivity contribution in [3.05, 3.63) is 59.5 Å². The number of nitrogens with one attached hydrogen (secondary N) is 1. The maximum Gasteiger partial charge on any atom is 0.167 e. The highest BCUT2D eigenvalue weighted by Gasteiger charge is 2.21. The molecule has 3 aromatic rings. The Labute approximate surface area is 157 Å². The van der Waals surface area contributed by atoms with Crippen LogP contribution in [0.3, 0.4) is 0 Å².